The van der Waals surface area contributed by atoms with Gasteiger partial charge in [-0.05, 0) is 0 Å². The Hall–Kier alpha value is -0.560. The summed E-state index contributed by atoms with van der Waals surface area (Å²) in [7, 11) is 0. The van der Waals surface area contributed by atoms with Crippen molar-refractivity contribution in [2.45, 2.75) is 32.5 Å². The molecule has 0 amide bonds. The molecule has 5 nitrogen and oxygen atoms in total. The van der Waals surface area contributed by atoms with Crippen LogP contribution in [-0.2, 0) is 16.0 Å². The summed E-state index contributed by atoms with van der Waals surface area (Å²) >= 11 is 1.59. The first kappa shape index (κ1) is 11.9. The third-order valence-corrected chi connectivity index (χ3v) is 3.25. The summed E-state index contributed by atoms with van der Waals surface area (Å²) in [5.74, 6) is 0. The van der Waals surface area contributed by atoms with Gasteiger partial charge in [0, 0.05) is 12.6 Å². The quantitative estimate of drug-likeness (QED) is 0.859. The number of rotatable bonds is 4. The lowest BCUT2D eigenvalue weighted by atomic mass is 10.4. The van der Waals surface area contributed by atoms with Crippen LogP contribution in [0.2, 0.25) is 0 Å². The summed E-state index contributed by atoms with van der Waals surface area (Å²) < 4.78 is 10.9. The minimum Gasteiger partial charge on any atom is -0.376 e. The Kier molecular flexibility index (Phi) is 4.22. The second-order valence-corrected chi connectivity index (χ2v) is 5.10. The normalized spacial score (nSPS) is 21.6. The molecular formula is C10H17N3O2S. The number of nitrogens with zero attached hydrogens (tertiary/aromatic N) is 2. The van der Waals surface area contributed by atoms with Crippen LogP contribution in [0, 0.1) is 0 Å². The highest BCUT2D eigenvalue weighted by molar-refractivity contribution is 7.11. The van der Waals surface area contributed by atoms with Crippen LogP contribution < -0.4 is 5.32 Å². The van der Waals surface area contributed by atoms with Crippen molar-refractivity contribution >= 4 is 11.3 Å². The van der Waals surface area contributed by atoms with Gasteiger partial charge in [0.2, 0.25) is 0 Å². The summed E-state index contributed by atoms with van der Waals surface area (Å²) in [6.07, 6.45) is -0.0287. The molecule has 0 saturated carbocycles. The molecule has 1 unspecified atom stereocenters. The van der Waals surface area contributed by atoms with Crippen molar-refractivity contribution in [3.05, 3.63) is 10.0 Å². The highest BCUT2D eigenvalue weighted by Gasteiger charge is 2.20. The summed E-state index contributed by atoms with van der Waals surface area (Å²) in [6, 6.07) is 0.460. The van der Waals surface area contributed by atoms with E-state index in [1.54, 1.807) is 11.3 Å². The van der Waals surface area contributed by atoms with Crippen molar-refractivity contribution in [2.24, 2.45) is 0 Å². The molecule has 1 aromatic heterocycles. The predicted molar refractivity (Wildman–Crippen MR) is 61.4 cm³/mol. The van der Waals surface area contributed by atoms with Gasteiger partial charge < -0.3 is 14.8 Å². The molecule has 1 N–H and O–H groups in total. The molecule has 0 bridgehead atoms. The monoisotopic (exact) mass is 243 g/mol. The van der Waals surface area contributed by atoms with E-state index in [0.717, 1.165) is 16.6 Å². The van der Waals surface area contributed by atoms with Crippen molar-refractivity contribution < 1.29 is 9.47 Å². The van der Waals surface area contributed by atoms with Gasteiger partial charge in [-0.15, -0.1) is 10.2 Å². The molecule has 1 fully saturated rings. The first-order valence-corrected chi connectivity index (χ1v) is 6.32. The van der Waals surface area contributed by atoms with Crippen LogP contribution in [0.15, 0.2) is 0 Å². The minimum atomic E-state index is -0.0287. The smallest absolute Gasteiger partial charge is 0.148 e. The molecule has 90 valence electrons. The van der Waals surface area contributed by atoms with E-state index in [2.05, 4.69) is 29.4 Å². The van der Waals surface area contributed by atoms with Crippen molar-refractivity contribution in [2.75, 3.05) is 19.8 Å². The molecule has 0 aromatic carbocycles. The van der Waals surface area contributed by atoms with Gasteiger partial charge in [0.05, 0.1) is 19.8 Å². The largest absolute Gasteiger partial charge is 0.376 e. The number of hydrogen-bond acceptors (Lipinski definition) is 6. The molecule has 1 aliphatic heterocycles. The summed E-state index contributed by atoms with van der Waals surface area (Å²) in [6.45, 7) is 6.90. The van der Waals surface area contributed by atoms with Crippen molar-refractivity contribution in [3.63, 3.8) is 0 Å². The van der Waals surface area contributed by atoms with Gasteiger partial charge in [-0.1, -0.05) is 25.2 Å². The molecule has 1 aromatic rings. The molecule has 2 rings (SSSR count). The van der Waals surface area contributed by atoms with Crippen LogP contribution in [0.25, 0.3) is 0 Å². The zero-order valence-electron chi connectivity index (χ0n) is 9.60. The van der Waals surface area contributed by atoms with E-state index >= 15 is 0 Å². The lowest BCUT2D eigenvalue weighted by Gasteiger charge is -2.20. The molecular weight excluding hydrogens is 226 g/mol. The van der Waals surface area contributed by atoms with Gasteiger partial charge in [-0.25, -0.2) is 0 Å². The zero-order valence-corrected chi connectivity index (χ0v) is 10.4. The first-order valence-electron chi connectivity index (χ1n) is 5.50. The second-order valence-electron chi connectivity index (χ2n) is 4.00. The fourth-order valence-corrected chi connectivity index (χ4v) is 2.22. The molecule has 1 aliphatic rings. The van der Waals surface area contributed by atoms with Gasteiger partial charge in [-0.3, -0.25) is 0 Å². The van der Waals surface area contributed by atoms with Crippen molar-refractivity contribution in [3.8, 4) is 0 Å². The van der Waals surface area contributed by atoms with Gasteiger partial charge in [-0.2, -0.15) is 0 Å². The summed E-state index contributed by atoms with van der Waals surface area (Å²) in [4.78, 5) is 0. The Morgan fingerprint density at radius 2 is 2.31 bits per heavy atom. The van der Waals surface area contributed by atoms with Crippen LogP contribution in [0.1, 0.15) is 30.0 Å². The fraction of sp³-hybridized carbons (Fsp3) is 0.800. The topological polar surface area (TPSA) is 56.3 Å². The third kappa shape index (κ3) is 3.21. The Bertz CT molecular complexity index is 324. The average molecular weight is 243 g/mol. The molecule has 0 aliphatic carbocycles. The maximum atomic E-state index is 5.57. The maximum absolute atomic E-state index is 5.57. The Morgan fingerprint density at radius 3 is 3.00 bits per heavy atom. The number of nitrogens with one attached hydrogen (secondary N) is 1. The van der Waals surface area contributed by atoms with Crippen molar-refractivity contribution in [1.29, 1.82) is 0 Å². The van der Waals surface area contributed by atoms with Gasteiger partial charge in [0.15, 0.2) is 0 Å². The number of ether oxygens (including phenoxy) is 2. The van der Waals surface area contributed by atoms with Crippen LogP contribution in [-0.4, -0.2) is 36.1 Å². The standard InChI is InChI=1S/C10H17N3O2S/c1-7(2)11-5-9-12-13-10(16-9)8-6-14-3-4-15-8/h7-8,11H,3-6H2,1-2H3. The lowest BCUT2D eigenvalue weighted by Crippen LogP contribution is -2.21. The highest BCUT2D eigenvalue weighted by atomic mass is 32.1. The molecule has 1 saturated heterocycles. The van der Waals surface area contributed by atoms with E-state index in [9.17, 15) is 0 Å². The van der Waals surface area contributed by atoms with E-state index in [4.69, 9.17) is 9.47 Å². The zero-order chi connectivity index (χ0) is 11.4. The van der Waals surface area contributed by atoms with Crippen LogP contribution in [0.5, 0.6) is 0 Å². The van der Waals surface area contributed by atoms with Gasteiger partial charge in [0.25, 0.3) is 0 Å². The predicted octanol–water partition coefficient (Wildman–Crippen LogP) is 1.12. The van der Waals surface area contributed by atoms with E-state index in [1.807, 2.05) is 0 Å². The van der Waals surface area contributed by atoms with Crippen LogP contribution in [0.3, 0.4) is 0 Å². The molecule has 16 heavy (non-hydrogen) atoms. The lowest BCUT2D eigenvalue weighted by molar-refractivity contribution is -0.0903. The fourth-order valence-electron chi connectivity index (χ4n) is 1.39. The van der Waals surface area contributed by atoms with Crippen LogP contribution >= 0.6 is 11.3 Å². The molecule has 0 spiro atoms. The van der Waals surface area contributed by atoms with E-state index < -0.39 is 0 Å². The Labute approximate surface area is 99.2 Å². The summed E-state index contributed by atoms with van der Waals surface area (Å²) in [5.41, 5.74) is 0. The highest BCUT2D eigenvalue weighted by Crippen LogP contribution is 2.23. The Morgan fingerprint density at radius 1 is 1.44 bits per heavy atom. The SMILES string of the molecule is CC(C)NCc1nnc(C2COCCO2)s1. The van der Waals surface area contributed by atoms with Gasteiger partial charge in [0.1, 0.15) is 16.1 Å². The molecule has 6 heteroatoms. The number of aromatic nitrogens is 2. The van der Waals surface area contributed by atoms with Crippen molar-refractivity contribution in [1.82, 2.24) is 15.5 Å². The average Bonchev–Trinajstić information content (AvgIpc) is 2.76. The van der Waals surface area contributed by atoms with E-state index in [1.165, 1.54) is 0 Å². The second kappa shape index (κ2) is 5.67. The first-order chi connectivity index (χ1) is 7.75. The maximum Gasteiger partial charge on any atom is 0.148 e. The molecule has 0 radical (unpaired) electrons. The van der Waals surface area contributed by atoms with Crippen LogP contribution in [0.4, 0.5) is 0 Å². The number of hydrogen-bond donors (Lipinski definition) is 1. The third-order valence-electron chi connectivity index (χ3n) is 2.24. The Balaban J connectivity index is 1.90. The molecule has 1 atom stereocenters. The van der Waals surface area contributed by atoms with E-state index in [0.29, 0.717) is 25.9 Å². The van der Waals surface area contributed by atoms with E-state index in [-0.39, 0.29) is 6.10 Å². The summed E-state index contributed by atoms with van der Waals surface area (Å²) in [5, 5.41) is 13.5. The van der Waals surface area contributed by atoms with Gasteiger partial charge >= 0.3 is 0 Å². The minimum absolute atomic E-state index is 0.0287. The molecule has 2 heterocycles.